The van der Waals surface area contributed by atoms with Crippen LogP contribution >= 0.6 is 0 Å². The van der Waals surface area contributed by atoms with Crippen molar-refractivity contribution in [3.63, 3.8) is 0 Å². The third kappa shape index (κ3) is 11.0. The second-order valence-electron chi connectivity index (χ2n) is 3.69. The van der Waals surface area contributed by atoms with Gasteiger partial charge in [-0.15, -0.1) is 0 Å². The van der Waals surface area contributed by atoms with E-state index in [0.29, 0.717) is 13.0 Å². The molecule has 0 aromatic carbocycles. The monoisotopic (exact) mass is 226 g/mol. The van der Waals surface area contributed by atoms with E-state index in [1.165, 1.54) is 12.8 Å². The molecule has 0 heterocycles. The molecule has 0 N–H and O–H groups in total. The van der Waals surface area contributed by atoms with Crippen molar-refractivity contribution in [1.82, 2.24) is 0 Å². The van der Waals surface area contributed by atoms with Crippen molar-refractivity contribution in [2.24, 2.45) is 0 Å². The standard InChI is InChI=1S/C13H22O3/c1-2-13(15)16-12-10-8-6-4-3-5-7-9-11-14/h7,9,11H,2-6,8,10,12H2,1H3/b9-7+. The highest BCUT2D eigenvalue weighted by Crippen LogP contribution is 2.06. The first-order chi connectivity index (χ1) is 7.81. The molecule has 0 spiro atoms. The average molecular weight is 226 g/mol. The van der Waals surface area contributed by atoms with Crippen LogP contribution in [0.15, 0.2) is 12.2 Å². The summed E-state index contributed by atoms with van der Waals surface area (Å²) in [5.41, 5.74) is 0. The fourth-order valence-corrected chi connectivity index (χ4v) is 1.33. The number of aldehydes is 1. The molecule has 0 aliphatic rings. The van der Waals surface area contributed by atoms with E-state index in [-0.39, 0.29) is 5.97 Å². The van der Waals surface area contributed by atoms with Gasteiger partial charge < -0.3 is 4.74 Å². The third-order valence-electron chi connectivity index (χ3n) is 2.28. The first-order valence-electron chi connectivity index (χ1n) is 6.07. The van der Waals surface area contributed by atoms with E-state index < -0.39 is 0 Å². The lowest BCUT2D eigenvalue weighted by Gasteiger charge is -2.02. The van der Waals surface area contributed by atoms with Crippen LogP contribution < -0.4 is 0 Å². The van der Waals surface area contributed by atoms with Crippen molar-refractivity contribution in [3.05, 3.63) is 12.2 Å². The van der Waals surface area contributed by atoms with Gasteiger partial charge in [-0.3, -0.25) is 9.59 Å². The molecule has 0 aromatic heterocycles. The van der Waals surface area contributed by atoms with E-state index in [1.54, 1.807) is 13.0 Å². The Kier molecular flexibility index (Phi) is 11.1. The fraction of sp³-hybridized carbons (Fsp3) is 0.692. The van der Waals surface area contributed by atoms with Crippen LogP contribution in [0.25, 0.3) is 0 Å². The summed E-state index contributed by atoms with van der Waals surface area (Å²) in [4.78, 5) is 20.8. The highest BCUT2D eigenvalue weighted by Gasteiger charge is 1.96. The van der Waals surface area contributed by atoms with Crippen molar-refractivity contribution in [2.45, 2.75) is 51.9 Å². The van der Waals surface area contributed by atoms with E-state index in [2.05, 4.69) is 0 Å². The molecule has 0 aliphatic heterocycles. The molecule has 0 bridgehead atoms. The summed E-state index contributed by atoms with van der Waals surface area (Å²) in [6.07, 6.45) is 11.2. The Morgan fingerprint density at radius 2 is 1.81 bits per heavy atom. The molecule has 0 aliphatic carbocycles. The van der Waals surface area contributed by atoms with Crippen molar-refractivity contribution in [2.75, 3.05) is 6.61 Å². The minimum Gasteiger partial charge on any atom is -0.466 e. The fourth-order valence-electron chi connectivity index (χ4n) is 1.33. The maximum Gasteiger partial charge on any atom is 0.305 e. The van der Waals surface area contributed by atoms with Crippen LogP contribution in [0.5, 0.6) is 0 Å². The number of carbonyl (C=O) groups is 2. The molecule has 0 atom stereocenters. The Balaban J connectivity index is 3.07. The van der Waals surface area contributed by atoms with Gasteiger partial charge >= 0.3 is 5.97 Å². The van der Waals surface area contributed by atoms with Gasteiger partial charge in [-0.2, -0.15) is 0 Å². The number of allylic oxidation sites excluding steroid dienone is 2. The molecule has 0 unspecified atom stereocenters. The van der Waals surface area contributed by atoms with Crippen LogP contribution in [0.1, 0.15) is 51.9 Å². The average Bonchev–Trinajstić information content (AvgIpc) is 2.31. The number of esters is 1. The van der Waals surface area contributed by atoms with Crippen molar-refractivity contribution in [1.29, 1.82) is 0 Å². The first-order valence-corrected chi connectivity index (χ1v) is 6.07. The number of hydrogen-bond donors (Lipinski definition) is 0. The Morgan fingerprint density at radius 1 is 1.12 bits per heavy atom. The molecule has 92 valence electrons. The lowest BCUT2D eigenvalue weighted by Crippen LogP contribution is -2.03. The van der Waals surface area contributed by atoms with E-state index in [4.69, 9.17) is 4.74 Å². The second-order valence-corrected chi connectivity index (χ2v) is 3.69. The summed E-state index contributed by atoms with van der Waals surface area (Å²) >= 11 is 0. The first kappa shape index (κ1) is 14.9. The zero-order valence-electron chi connectivity index (χ0n) is 10.1. The zero-order chi connectivity index (χ0) is 12.1. The van der Waals surface area contributed by atoms with Gasteiger partial charge in [-0.1, -0.05) is 32.3 Å². The van der Waals surface area contributed by atoms with E-state index in [1.807, 2.05) is 6.08 Å². The number of ether oxygens (including phenoxy) is 1. The maximum absolute atomic E-state index is 10.8. The zero-order valence-corrected chi connectivity index (χ0v) is 10.1. The van der Waals surface area contributed by atoms with Crippen LogP contribution in [0.4, 0.5) is 0 Å². The Morgan fingerprint density at radius 3 is 2.50 bits per heavy atom. The van der Waals surface area contributed by atoms with Gasteiger partial charge in [0.1, 0.15) is 6.29 Å². The van der Waals surface area contributed by atoms with Gasteiger partial charge in [-0.25, -0.2) is 0 Å². The predicted molar refractivity (Wildman–Crippen MR) is 64.2 cm³/mol. The van der Waals surface area contributed by atoms with Gasteiger partial charge in [0.05, 0.1) is 6.61 Å². The molecule has 3 heteroatoms. The molecule has 16 heavy (non-hydrogen) atoms. The molecule has 3 nitrogen and oxygen atoms in total. The lowest BCUT2D eigenvalue weighted by atomic mass is 10.1. The number of rotatable bonds is 10. The largest absolute Gasteiger partial charge is 0.466 e. The van der Waals surface area contributed by atoms with Gasteiger partial charge in [0.25, 0.3) is 0 Å². The minimum atomic E-state index is -0.112. The molecular formula is C13H22O3. The highest BCUT2D eigenvalue weighted by molar-refractivity contribution is 5.68. The SMILES string of the molecule is CCC(=O)OCCCCCCC/C=C/C=O. The number of hydrogen-bond acceptors (Lipinski definition) is 3. The predicted octanol–water partition coefficient (Wildman–Crippen LogP) is 3.04. The summed E-state index contributed by atoms with van der Waals surface area (Å²) in [6.45, 7) is 2.35. The molecule has 0 fully saturated rings. The maximum atomic E-state index is 10.8. The van der Waals surface area contributed by atoms with Crippen LogP contribution in [0.3, 0.4) is 0 Å². The highest BCUT2D eigenvalue weighted by atomic mass is 16.5. The molecule has 0 aromatic rings. The topological polar surface area (TPSA) is 43.4 Å². The second kappa shape index (κ2) is 12.0. The Hall–Kier alpha value is -1.12. The lowest BCUT2D eigenvalue weighted by molar-refractivity contribution is -0.143. The van der Waals surface area contributed by atoms with Crippen molar-refractivity contribution in [3.8, 4) is 0 Å². The van der Waals surface area contributed by atoms with Gasteiger partial charge in [-0.05, 0) is 25.3 Å². The Bertz CT molecular complexity index is 209. The molecule has 0 saturated heterocycles. The molecule has 0 amide bonds. The summed E-state index contributed by atoms with van der Waals surface area (Å²) in [7, 11) is 0. The number of carbonyl (C=O) groups excluding carboxylic acids is 2. The smallest absolute Gasteiger partial charge is 0.305 e. The van der Waals surface area contributed by atoms with E-state index in [0.717, 1.165) is 32.0 Å². The van der Waals surface area contributed by atoms with Crippen LogP contribution in [0.2, 0.25) is 0 Å². The van der Waals surface area contributed by atoms with Crippen molar-refractivity contribution >= 4 is 12.3 Å². The van der Waals surface area contributed by atoms with Crippen molar-refractivity contribution < 1.29 is 14.3 Å². The molecule has 0 radical (unpaired) electrons. The number of unbranched alkanes of at least 4 members (excludes halogenated alkanes) is 5. The minimum absolute atomic E-state index is 0.112. The summed E-state index contributed by atoms with van der Waals surface area (Å²) in [5, 5.41) is 0. The van der Waals surface area contributed by atoms with Gasteiger partial charge in [0.15, 0.2) is 0 Å². The van der Waals surface area contributed by atoms with Gasteiger partial charge in [0.2, 0.25) is 0 Å². The quantitative estimate of drug-likeness (QED) is 0.249. The summed E-state index contributed by atoms with van der Waals surface area (Å²) in [6, 6.07) is 0. The summed E-state index contributed by atoms with van der Waals surface area (Å²) in [5.74, 6) is -0.112. The van der Waals surface area contributed by atoms with E-state index in [9.17, 15) is 9.59 Å². The molecule has 0 rings (SSSR count). The summed E-state index contributed by atoms with van der Waals surface area (Å²) < 4.78 is 4.96. The molecular weight excluding hydrogens is 204 g/mol. The van der Waals surface area contributed by atoms with Crippen LogP contribution in [0, 0.1) is 0 Å². The molecule has 0 saturated carbocycles. The third-order valence-corrected chi connectivity index (χ3v) is 2.28. The van der Waals surface area contributed by atoms with E-state index >= 15 is 0 Å². The Labute approximate surface area is 97.9 Å². The van der Waals surface area contributed by atoms with Crippen LogP contribution in [-0.2, 0) is 14.3 Å². The van der Waals surface area contributed by atoms with Crippen LogP contribution in [-0.4, -0.2) is 18.9 Å². The normalized spacial score (nSPS) is 10.6. The van der Waals surface area contributed by atoms with Gasteiger partial charge in [0, 0.05) is 6.42 Å².